The molecule has 0 radical (unpaired) electrons. The monoisotopic (exact) mass is 620 g/mol. The molecular weight excluding hydrogens is 600 g/mol. The number of halogens is 2. The van der Waals surface area contributed by atoms with Crippen molar-refractivity contribution in [1.29, 1.82) is 0 Å². The van der Waals surface area contributed by atoms with Gasteiger partial charge in [-0.15, -0.1) is 6.42 Å². The predicted octanol–water partition coefficient (Wildman–Crippen LogP) is 5.36. The normalized spacial score (nSPS) is 13.9. The number of benzene rings is 2. The molecule has 2 aromatic rings. The van der Waals surface area contributed by atoms with Crippen LogP contribution in [0, 0.1) is 12.3 Å². The van der Waals surface area contributed by atoms with E-state index in [9.17, 15) is 19.2 Å². The van der Waals surface area contributed by atoms with Crippen molar-refractivity contribution >= 4 is 74.1 Å². The Balaban J connectivity index is 1.75. The SMILES string of the molecule is C#CCOc1c(Br)cc(/C=C2\SC(=O)N(CC(=O)Nc3ccc(Cl)c(C(=O)OCC)c3)C2=O)cc1OCC. The number of thioether (sulfide) groups is 1. The number of rotatable bonds is 10. The lowest BCUT2D eigenvalue weighted by Crippen LogP contribution is -2.36. The van der Waals surface area contributed by atoms with Gasteiger partial charge in [0, 0.05) is 5.69 Å². The Bertz CT molecular complexity index is 1360. The van der Waals surface area contributed by atoms with E-state index < -0.39 is 29.6 Å². The largest absolute Gasteiger partial charge is 0.490 e. The van der Waals surface area contributed by atoms with Crippen LogP contribution in [0.1, 0.15) is 29.8 Å². The van der Waals surface area contributed by atoms with Crippen LogP contribution in [-0.4, -0.2) is 54.3 Å². The summed E-state index contributed by atoms with van der Waals surface area (Å²) in [5.41, 5.74) is 0.898. The zero-order valence-electron chi connectivity index (χ0n) is 20.3. The van der Waals surface area contributed by atoms with Crippen LogP contribution in [0.3, 0.4) is 0 Å². The first kappa shape index (κ1) is 29.1. The number of carbonyl (C=O) groups is 4. The fraction of sp³-hybridized carbons (Fsp3) is 0.231. The Labute approximate surface area is 236 Å². The lowest BCUT2D eigenvalue weighted by molar-refractivity contribution is -0.127. The number of amides is 3. The molecule has 1 aliphatic heterocycles. The molecule has 0 spiro atoms. The Morgan fingerprint density at radius 2 is 1.95 bits per heavy atom. The van der Waals surface area contributed by atoms with Gasteiger partial charge in [-0.25, -0.2) is 4.79 Å². The maximum atomic E-state index is 12.9. The second-order valence-electron chi connectivity index (χ2n) is 7.49. The highest BCUT2D eigenvalue weighted by Crippen LogP contribution is 2.39. The molecule has 0 aliphatic carbocycles. The molecule has 3 rings (SSSR count). The highest BCUT2D eigenvalue weighted by molar-refractivity contribution is 9.10. The van der Waals surface area contributed by atoms with Crippen molar-refractivity contribution in [2.24, 2.45) is 0 Å². The molecule has 38 heavy (non-hydrogen) atoms. The Kier molecular flexibility index (Phi) is 10.2. The zero-order valence-corrected chi connectivity index (χ0v) is 23.5. The third-order valence-corrected chi connectivity index (χ3v) is 6.68. The lowest BCUT2D eigenvalue weighted by atomic mass is 10.2. The van der Waals surface area contributed by atoms with E-state index in [1.165, 1.54) is 24.3 Å². The van der Waals surface area contributed by atoms with Gasteiger partial charge in [0.05, 0.1) is 33.2 Å². The molecule has 1 fully saturated rings. The van der Waals surface area contributed by atoms with Crippen LogP contribution in [0.5, 0.6) is 11.5 Å². The fourth-order valence-electron chi connectivity index (χ4n) is 3.29. The summed E-state index contributed by atoms with van der Waals surface area (Å²) >= 11 is 10.2. The summed E-state index contributed by atoms with van der Waals surface area (Å²) in [7, 11) is 0. The van der Waals surface area contributed by atoms with Gasteiger partial charge in [-0.3, -0.25) is 19.3 Å². The summed E-state index contributed by atoms with van der Waals surface area (Å²) < 4.78 is 16.7. The van der Waals surface area contributed by atoms with Crippen LogP contribution in [-0.2, 0) is 14.3 Å². The summed E-state index contributed by atoms with van der Waals surface area (Å²) in [4.78, 5) is 51.1. The zero-order chi connectivity index (χ0) is 27.8. The van der Waals surface area contributed by atoms with E-state index >= 15 is 0 Å². The molecule has 198 valence electrons. The maximum Gasteiger partial charge on any atom is 0.339 e. The number of terminal acetylenes is 1. The van der Waals surface area contributed by atoms with Gasteiger partial charge < -0.3 is 19.5 Å². The molecule has 0 aromatic heterocycles. The molecule has 1 saturated heterocycles. The van der Waals surface area contributed by atoms with Gasteiger partial charge in [0.2, 0.25) is 5.91 Å². The van der Waals surface area contributed by atoms with Crippen molar-refractivity contribution < 1.29 is 33.4 Å². The highest BCUT2D eigenvalue weighted by atomic mass is 79.9. The molecule has 0 saturated carbocycles. The number of hydrogen-bond acceptors (Lipinski definition) is 8. The fourth-order valence-corrected chi connectivity index (χ4v) is 4.90. The minimum atomic E-state index is -0.639. The molecule has 9 nitrogen and oxygen atoms in total. The van der Waals surface area contributed by atoms with Gasteiger partial charge in [0.1, 0.15) is 13.2 Å². The molecule has 0 unspecified atom stereocenters. The Morgan fingerprint density at radius 3 is 2.63 bits per heavy atom. The summed E-state index contributed by atoms with van der Waals surface area (Å²) in [6, 6.07) is 7.63. The van der Waals surface area contributed by atoms with Crippen molar-refractivity contribution in [2.75, 3.05) is 31.7 Å². The van der Waals surface area contributed by atoms with E-state index in [-0.39, 0.29) is 34.4 Å². The predicted molar refractivity (Wildman–Crippen MR) is 148 cm³/mol. The standard InChI is InChI=1S/C26H22BrClN2O7S/c1-4-9-37-23-18(27)10-15(11-20(23)35-5-2)12-21-24(32)30(26(34)38-21)14-22(31)29-16-7-8-19(28)17(13-16)25(33)36-6-3/h1,7-8,10-13H,5-6,9,14H2,2-3H3,(H,29,31)/b21-12-. The smallest absolute Gasteiger partial charge is 0.339 e. The van der Waals surface area contributed by atoms with Gasteiger partial charge in [0.15, 0.2) is 11.5 Å². The van der Waals surface area contributed by atoms with Gasteiger partial charge in [-0.05, 0) is 83.5 Å². The van der Waals surface area contributed by atoms with Crippen LogP contribution in [0.25, 0.3) is 6.08 Å². The Morgan fingerprint density at radius 1 is 1.18 bits per heavy atom. The van der Waals surface area contributed by atoms with E-state index in [0.29, 0.717) is 39.9 Å². The van der Waals surface area contributed by atoms with Gasteiger partial charge in [-0.1, -0.05) is 17.5 Å². The molecule has 3 amide bonds. The highest BCUT2D eigenvalue weighted by Gasteiger charge is 2.36. The molecule has 1 N–H and O–H groups in total. The van der Waals surface area contributed by atoms with Gasteiger partial charge in [-0.2, -0.15) is 0 Å². The van der Waals surface area contributed by atoms with Crippen LogP contribution < -0.4 is 14.8 Å². The first-order chi connectivity index (χ1) is 18.2. The van der Waals surface area contributed by atoms with E-state index in [4.69, 9.17) is 32.2 Å². The first-order valence-electron chi connectivity index (χ1n) is 11.2. The first-order valence-corrected chi connectivity index (χ1v) is 13.2. The number of nitrogens with one attached hydrogen (secondary N) is 1. The number of esters is 1. The number of nitrogens with zero attached hydrogens (tertiary/aromatic N) is 1. The second kappa shape index (κ2) is 13.4. The quantitative estimate of drug-likeness (QED) is 0.214. The van der Waals surface area contributed by atoms with Crippen LogP contribution in [0.4, 0.5) is 10.5 Å². The summed E-state index contributed by atoms with van der Waals surface area (Å²) in [6.07, 6.45) is 6.79. The number of hydrogen-bond donors (Lipinski definition) is 1. The average molecular weight is 622 g/mol. The summed E-state index contributed by atoms with van der Waals surface area (Å²) in [6.45, 7) is 3.51. The van der Waals surface area contributed by atoms with Crippen molar-refractivity contribution in [3.63, 3.8) is 0 Å². The van der Waals surface area contributed by atoms with Crippen LogP contribution >= 0.6 is 39.3 Å². The van der Waals surface area contributed by atoms with Crippen molar-refractivity contribution in [2.45, 2.75) is 13.8 Å². The van der Waals surface area contributed by atoms with Gasteiger partial charge >= 0.3 is 5.97 Å². The lowest BCUT2D eigenvalue weighted by Gasteiger charge is -2.14. The van der Waals surface area contributed by atoms with Crippen LogP contribution in [0.15, 0.2) is 39.7 Å². The van der Waals surface area contributed by atoms with Crippen LogP contribution in [0.2, 0.25) is 5.02 Å². The average Bonchev–Trinajstić information content (AvgIpc) is 3.12. The number of ether oxygens (including phenoxy) is 3. The van der Waals surface area contributed by atoms with Crippen molar-refractivity contribution in [3.05, 3.63) is 55.9 Å². The second-order valence-corrected chi connectivity index (χ2v) is 9.74. The number of anilines is 1. The van der Waals surface area contributed by atoms with Crippen molar-refractivity contribution in [1.82, 2.24) is 4.90 Å². The van der Waals surface area contributed by atoms with E-state index in [1.807, 2.05) is 6.92 Å². The summed E-state index contributed by atoms with van der Waals surface area (Å²) in [5.74, 6) is 1.31. The molecule has 1 aliphatic rings. The third kappa shape index (κ3) is 7.10. The summed E-state index contributed by atoms with van der Waals surface area (Å²) in [5, 5.41) is 2.12. The minimum Gasteiger partial charge on any atom is -0.490 e. The minimum absolute atomic E-state index is 0.0408. The molecular formula is C26H22BrClN2O7S. The van der Waals surface area contributed by atoms with E-state index in [1.54, 1.807) is 19.1 Å². The Hall–Kier alpha value is -3.46. The molecule has 1 heterocycles. The topological polar surface area (TPSA) is 111 Å². The molecule has 0 atom stereocenters. The van der Waals surface area contributed by atoms with Crippen molar-refractivity contribution in [3.8, 4) is 23.8 Å². The number of carbonyl (C=O) groups excluding carboxylic acids is 4. The van der Waals surface area contributed by atoms with Gasteiger partial charge in [0.25, 0.3) is 11.1 Å². The third-order valence-electron chi connectivity index (χ3n) is 4.85. The molecule has 0 bridgehead atoms. The maximum absolute atomic E-state index is 12.9. The molecule has 12 heteroatoms. The van der Waals surface area contributed by atoms with E-state index in [2.05, 4.69) is 27.2 Å². The molecule has 2 aromatic carbocycles. The number of imide groups is 1. The van der Waals surface area contributed by atoms with E-state index in [0.717, 1.165) is 4.90 Å².